The van der Waals surface area contributed by atoms with Crippen molar-refractivity contribution in [1.29, 1.82) is 0 Å². The average Bonchev–Trinajstić information content (AvgIpc) is 2.81. The SMILES string of the molecule is ClCC(Cc1cccc(Cl)c1)Cc1cncs1. The van der Waals surface area contributed by atoms with Gasteiger partial charge in [-0.1, -0.05) is 23.7 Å². The van der Waals surface area contributed by atoms with Gasteiger partial charge in [0.2, 0.25) is 0 Å². The second-order valence-corrected chi connectivity index (χ2v) is 5.74. The normalized spacial score (nSPS) is 12.6. The van der Waals surface area contributed by atoms with Crippen molar-refractivity contribution in [3.05, 3.63) is 51.4 Å². The fourth-order valence-electron chi connectivity index (χ4n) is 1.81. The Hall–Kier alpha value is -0.570. The molecule has 90 valence electrons. The van der Waals surface area contributed by atoms with E-state index < -0.39 is 0 Å². The molecule has 1 atom stereocenters. The Kier molecular flexibility index (Phi) is 4.84. The van der Waals surface area contributed by atoms with E-state index in [4.69, 9.17) is 23.2 Å². The molecule has 1 aromatic heterocycles. The highest BCUT2D eigenvalue weighted by molar-refractivity contribution is 7.09. The third-order valence-corrected chi connectivity index (χ3v) is 4.08. The molecule has 1 unspecified atom stereocenters. The lowest BCUT2D eigenvalue weighted by Crippen LogP contribution is -2.09. The van der Waals surface area contributed by atoms with E-state index in [1.165, 1.54) is 10.4 Å². The van der Waals surface area contributed by atoms with Gasteiger partial charge in [-0.3, -0.25) is 4.98 Å². The van der Waals surface area contributed by atoms with Gasteiger partial charge in [-0.15, -0.1) is 22.9 Å². The molecule has 0 aliphatic carbocycles. The number of rotatable bonds is 5. The summed E-state index contributed by atoms with van der Waals surface area (Å²) in [6.07, 6.45) is 3.87. The number of aromatic nitrogens is 1. The number of nitrogens with zero attached hydrogens (tertiary/aromatic N) is 1. The van der Waals surface area contributed by atoms with Crippen LogP contribution in [-0.4, -0.2) is 10.9 Å². The summed E-state index contributed by atoms with van der Waals surface area (Å²) < 4.78 is 0. The summed E-state index contributed by atoms with van der Waals surface area (Å²) in [5, 5.41) is 0.786. The monoisotopic (exact) mass is 285 g/mol. The first-order valence-electron chi connectivity index (χ1n) is 5.45. The molecule has 1 nitrogen and oxygen atoms in total. The molecule has 1 heterocycles. The van der Waals surface area contributed by atoms with E-state index in [0.717, 1.165) is 17.9 Å². The maximum absolute atomic E-state index is 6.03. The van der Waals surface area contributed by atoms with Crippen molar-refractivity contribution in [1.82, 2.24) is 4.98 Å². The molecule has 2 aromatic rings. The number of hydrogen-bond acceptors (Lipinski definition) is 2. The lowest BCUT2D eigenvalue weighted by atomic mass is 9.97. The zero-order chi connectivity index (χ0) is 12.1. The predicted molar refractivity (Wildman–Crippen MR) is 75.2 cm³/mol. The molecule has 4 heteroatoms. The summed E-state index contributed by atoms with van der Waals surface area (Å²) >= 11 is 13.7. The van der Waals surface area contributed by atoms with E-state index >= 15 is 0 Å². The second kappa shape index (κ2) is 6.39. The molecule has 0 saturated heterocycles. The Morgan fingerprint density at radius 3 is 2.82 bits per heavy atom. The Labute approximate surface area is 115 Å². The van der Waals surface area contributed by atoms with E-state index in [-0.39, 0.29) is 0 Å². The number of hydrogen-bond donors (Lipinski definition) is 0. The minimum absolute atomic E-state index is 0.440. The number of benzene rings is 1. The Morgan fingerprint density at radius 1 is 1.29 bits per heavy atom. The molecule has 0 bridgehead atoms. The highest BCUT2D eigenvalue weighted by atomic mass is 35.5. The van der Waals surface area contributed by atoms with Crippen LogP contribution in [0.25, 0.3) is 0 Å². The molecule has 0 aliphatic rings. The number of alkyl halides is 1. The first-order valence-corrected chi connectivity index (χ1v) is 7.25. The first-order chi connectivity index (χ1) is 8.28. The summed E-state index contributed by atoms with van der Waals surface area (Å²) in [5.41, 5.74) is 3.10. The van der Waals surface area contributed by atoms with E-state index in [2.05, 4.69) is 11.1 Å². The highest BCUT2D eigenvalue weighted by Gasteiger charge is 2.11. The first kappa shape index (κ1) is 12.9. The molecule has 0 aliphatic heterocycles. The maximum atomic E-state index is 6.03. The van der Waals surface area contributed by atoms with E-state index in [9.17, 15) is 0 Å². The van der Waals surface area contributed by atoms with Crippen LogP contribution in [0.15, 0.2) is 36.0 Å². The molecule has 0 radical (unpaired) electrons. The number of halogens is 2. The molecule has 1 aromatic carbocycles. The maximum Gasteiger partial charge on any atom is 0.0794 e. The topological polar surface area (TPSA) is 12.9 Å². The van der Waals surface area contributed by atoms with Crippen molar-refractivity contribution in [3.63, 3.8) is 0 Å². The summed E-state index contributed by atoms with van der Waals surface area (Å²) in [5.74, 6) is 1.10. The van der Waals surface area contributed by atoms with Gasteiger partial charge in [0.05, 0.1) is 5.51 Å². The van der Waals surface area contributed by atoms with Crippen molar-refractivity contribution in [3.8, 4) is 0 Å². The largest absolute Gasteiger partial charge is 0.253 e. The molecule has 0 saturated carbocycles. The van der Waals surface area contributed by atoms with Crippen molar-refractivity contribution in [2.45, 2.75) is 12.8 Å². The minimum Gasteiger partial charge on any atom is -0.253 e. The lowest BCUT2D eigenvalue weighted by molar-refractivity contribution is 0.588. The smallest absolute Gasteiger partial charge is 0.0794 e. The summed E-state index contributed by atoms with van der Waals surface area (Å²) in [6, 6.07) is 7.98. The minimum atomic E-state index is 0.440. The van der Waals surface area contributed by atoms with E-state index in [1.54, 1.807) is 11.3 Å². The van der Waals surface area contributed by atoms with Gasteiger partial charge < -0.3 is 0 Å². The van der Waals surface area contributed by atoms with Gasteiger partial charge in [0.25, 0.3) is 0 Å². The van der Waals surface area contributed by atoms with Gasteiger partial charge >= 0.3 is 0 Å². The fraction of sp³-hybridized carbons (Fsp3) is 0.308. The summed E-state index contributed by atoms with van der Waals surface area (Å²) in [4.78, 5) is 5.37. The summed E-state index contributed by atoms with van der Waals surface area (Å²) in [6.45, 7) is 0. The van der Waals surface area contributed by atoms with Gasteiger partial charge in [-0.2, -0.15) is 0 Å². The molecule has 0 N–H and O–H groups in total. The van der Waals surface area contributed by atoms with Crippen LogP contribution >= 0.6 is 34.5 Å². The average molecular weight is 286 g/mol. The molecule has 0 amide bonds. The number of thiazole rings is 1. The van der Waals surface area contributed by atoms with Gasteiger partial charge in [0, 0.05) is 22.0 Å². The fourth-order valence-corrected chi connectivity index (χ4v) is 2.95. The molecule has 17 heavy (non-hydrogen) atoms. The van der Waals surface area contributed by atoms with Crippen molar-refractivity contribution < 1.29 is 0 Å². The van der Waals surface area contributed by atoms with Crippen LogP contribution in [0, 0.1) is 5.92 Å². The van der Waals surface area contributed by atoms with Gasteiger partial charge in [-0.05, 0) is 36.5 Å². The zero-order valence-electron chi connectivity index (χ0n) is 9.27. The van der Waals surface area contributed by atoms with Crippen molar-refractivity contribution in [2.24, 2.45) is 5.92 Å². The van der Waals surface area contributed by atoms with Crippen LogP contribution in [0.1, 0.15) is 10.4 Å². The van der Waals surface area contributed by atoms with Crippen LogP contribution in [0.5, 0.6) is 0 Å². The van der Waals surface area contributed by atoms with Gasteiger partial charge in [0.15, 0.2) is 0 Å². The highest BCUT2D eigenvalue weighted by Crippen LogP contribution is 2.20. The molecular weight excluding hydrogens is 273 g/mol. The Balaban J connectivity index is 2.00. The lowest BCUT2D eigenvalue weighted by Gasteiger charge is -2.12. The third-order valence-electron chi connectivity index (χ3n) is 2.60. The quantitative estimate of drug-likeness (QED) is 0.741. The van der Waals surface area contributed by atoms with Crippen molar-refractivity contribution in [2.75, 3.05) is 5.88 Å². The summed E-state index contributed by atoms with van der Waals surface area (Å²) in [7, 11) is 0. The molecule has 0 spiro atoms. The van der Waals surface area contributed by atoms with E-state index in [0.29, 0.717) is 11.8 Å². The molecule has 0 fully saturated rings. The van der Waals surface area contributed by atoms with Gasteiger partial charge in [-0.25, -0.2) is 0 Å². The Bertz CT molecular complexity index is 456. The van der Waals surface area contributed by atoms with Crippen LogP contribution in [0.4, 0.5) is 0 Å². The third kappa shape index (κ3) is 3.98. The van der Waals surface area contributed by atoms with Crippen LogP contribution in [-0.2, 0) is 12.8 Å². The van der Waals surface area contributed by atoms with Crippen LogP contribution in [0.3, 0.4) is 0 Å². The van der Waals surface area contributed by atoms with E-state index in [1.807, 2.05) is 29.9 Å². The predicted octanol–water partition coefficient (Wildman–Crippen LogP) is 4.44. The standard InChI is InChI=1S/C13H13Cl2NS/c14-7-11(6-13-8-16-9-17-13)4-10-2-1-3-12(15)5-10/h1-3,5,8-9,11H,4,6-7H2. The van der Waals surface area contributed by atoms with Crippen LogP contribution in [0.2, 0.25) is 5.02 Å². The zero-order valence-corrected chi connectivity index (χ0v) is 11.6. The van der Waals surface area contributed by atoms with Crippen LogP contribution < -0.4 is 0 Å². The molecular formula is C13H13Cl2NS. The second-order valence-electron chi connectivity index (χ2n) is 4.03. The molecule has 2 rings (SSSR count). The Morgan fingerprint density at radius 2 is 2.18 bits per heavy atom. The van der Waals surface area contributed by atoms with Gasteiger partial charge in [0.1, 0.15) is 0 Å². The van der Waals surface area contributed by atoms with Crippen molar-refractivity contribution >= 4 is 34.5 Å².